The Morgan fingerprint density at radius 1 is 1.28 bits per heavy atom. The molecular formula is C16H22N2. The van der Waals surface area contributed by atoms with Gasteiger partial charge in [0.25, 0.3) is 0 Å². The van der Waals surface area contributed by atoms with Crippen molar-refractivity contribution >= 4 is 10.9 Å². The van der Waals surface area contributed by atoms with Crippen molar-refractivity contribution in [2.75, 3.05) is 6.54 Å². The van der Waals surface area contributed by atoms with Gasteiger partial charge in [-0.1, -0.05) is 18.6 Å². The van der Waals surface area contributed by atoms with Crippen LogP contribution in [0.3, 0.4) is 0 Å². The normalized spacial score (nSPS) is 18.0. The highest BCUT2D eigenvalue weighted by atomic mass is 14.9. The zero-order valence-electron chi connectivity index (χ0n) is 11.6. The van der Waals surface area contributed by atoms with Crippen LogP contribution in [0.5, 0.6) is 0 Å². The van der Waals surface area contributed by atoms with Gasteiger partial charge < -0.3 is 10.3 Å². The van der Waals surface area contributed by atoms with Crippen LogP contribution in [0.15, 0.2) is 18.2 Å². The van der Waals surface area contributed by atoms with E-state index in [0.29, 0.717) is 0 Å². The maximum atomic E-state index is 6.01. The van der Waals surface area contributed by atoms with Gasteiger partial charge in [-0.2, -0.15) is 0 Å². The first-order chi connectivity index (χ1) is 8.59. The third kappa shape index (κ3) is 1.39. The molecule has 1 aliphatic carbocycles. The lowest BCUT2D eigenvalue weighted by molar-refractivity contribution is 0.253. The van der Waals surface area contributed by atoms with E-state index in [1.54, 1.807) is 0 Å². The van der Waals surface area contributed by atoms with Crippen molar-refractivity contribution in [1.29, 1.82) is 0 Å². The van der Waals surface area contributed by atoms with Crippen molar-refractivity contribution in [2.45, 2.75) is 38.5 Å². The topological polar surface area (TPSA) is 30.9 Å². The summed E-state index contributed by atoms with van der Waals surface area (Å²) in [6.45, 7) is 5.18. The van der Waals surface area contributed by atoms with Crippen LogP contribution in [0.1, 0.15) is 36.1 Å². The number of fused-ring (bicyclic) bond motifs is 1. The Labute approximate surface area is 109 Å². The van der Waals surface area contributed by atoms with Crippen molar-refractivity contribution in [3.05, 3.63) is 35.0 Å². The number of nitrogens with two attached hydrogens (primary N) is 1. The SMILES string of the molecule is Cc1c(C)n(C)c2cc(C3(CN)CCC3)ccc12. The second-order valence-corrected chi connectivity index (χ2v) is 5.84. The standard InChI is InChI=1S/C16H22N2/c1-11-12(2)18(3)15-9-13(5-6-14(11)15)16(10-17)7-4-8-16/h5-6,9H,4,7-8,10,17H2,1-3H3. The van der Waals surface area contributed by atoms with Gasteiger partial charge in [0.2, 0.25) is 0 Å². The molecular weight excluding hydrogens is 220 g/mol. The third-order valence-corrected chi connectivity index (χ3v) is 5.12. The van der Waals surface area contributed by atoms with Crippen molar-refractivity contribution in [3.63, 3.8) is 0 Å². The molecule has 1 fully saturated rings. The monoisotopic (exact) mass is 242 g/mol. The number of rotatable bonds is 2. The first-order valence-corrected chi connectivity index (χ1v) is 6.85. The van der Waals surface area contributed by atoms with Gasteiger partial charge >= 0.3 is 0 Å². The molecule has 0 radical (unpaired) electrons. The summed E-state index contributed by atoms with van der Waals surface area (Å²) in [5.74, 6) is 0. The smallest absolute Gasteiger partial charge is 0.0485 e. The molecule has 0 bridgehead atoms. The van der Waals surface area contributed by atoms with Gasteiger partial charge in [0.15, 0.2) is 0 Å². The Kier molecular flexibility index (Phi) is 2.53. The molecule has 0 atom stereocenters. The fourth-order valence-corrected chi connectivity index (χ4v) is 3.30. The molecule has 0 saturated heterocycles. The lowest BCUT2D eigenvalue weighted by Crippen LogP contribution is -2.41. The van der Waals surface area contributed by atoms with Crippen molar-refractivity contribution < 1.29 is 0 Å². The van der Waals surface area contributed by atoms with E-state index >= 15 is 0 Å². The highest BCUT2D eigenvalue weighted by Gasteiger charge is 2.37. The molecule has 2 aromatic rings. The molecule has 3 rings (SSSR count). The second-order valence-electron chi connectivity index (χ2n) is 5.84. The molecule has 1 saturated carbocycles. The molecule has 1 aromatic carbocycles. The maximum absolute atomic E-state index is 6.01. The first kappa shape index (κ1) is 11.8. The molecule has 96 valence electrons. The van der Waals surface area contributed by atoms with Crippen molar-refractivity contribution in [3.8, 4) is 0 Å². The van der Waals surface area contributed by atoms with E-state index in [4.69, 9.17) is 5.73 Å². The molecule has 2 N–H and O–H groups in total. The molecule has 0 aliphatic heterocycles. The lowest BCUT2D eigenvalue weighted by Gasteiger charge is -2.41. The quantitative estimate of drug-likeness (QED) is 0.861. The molecule has 0 amide bonds. The highest BCUT2D eigenvalue weighted by molar-refractivity contribution is 5.86. The van der Waals surface area contributed by atoms with E-state index in [9.17, 15) is 0 Å². The Morgan fingerprint density at radius 2 is 2.00 bits per heavy atom. The number of benzene rings is 1. The van der Waals surface area contributed by atoms with Crippen LogP contribution < -0.4 is 5.73 Å². The molecule has 18 heavy (non-hydrogen) atoms. The summed E-state index contributed by atoms with van der Waals surface area (Å²) in [5, 5.41) is 1.38. The van der Waals surface area contributed by atoms with Crippen molar-refractivity contribution in [2.24, 2.45) is 12.8 Å². The minimum absolute atomic E-state index is 0.264. The molecule has 1 aromatic heterocycles. The van der Waals surface area contributed by atoms with E-state index in [-0.39, 0.29) is 5.41 Å². The largest absolute Gasteiger partial charge is 0.348 e. The minimum Gasteiger partial charge on any atom is -0.348 e. The van der Waals surface area contributed by atoms with Crippen LogP contribution in [0.2, 0.25) is 0 Å². The second kappa shape index (κ2) is 3.86. The maximum Gasteiger partial charge on any atom is 0.0485 e. The third-order valence-electron chi connectivity index (χ3n) is 5.12. The molecule has 2 heteroatoms. The predicted molar refractivity (Wildman–Crippen MR) is 77.0 cm³/mol. The van der Waals surface area contributed by atoms with Crippen molar-refractivity contribution in [1.82, 2.24) is 4.57 Å². The summed E-state index contributed by atoms with van der Waals surface area (Å²) in [6, 6.07) is 6.94. The molecule has 1 aliphatic rings. The van der Waals surface area contributed by atoms with Crippen LogP contribution in [-0.4, -0.2) is 11.1 Å². The summed E-state index contributed by atoms with van der Waals surface area (Å²) < 4.78 is 2.30. The summed E-state index contributed by atoms with van der Waals surface area (Å²) in [6.07, 6.45) is 3.81. The number of aromatic nitrogens is 1. The minimum atomic E-state index is 0.264. The summed E-state index contributed by atoms with van der Waals surface area (Å²) >= 11 is 0. The number of hydrogen-bond acceptors (Lipinski definition) is 1. The fraction of sp³-hybridized carbons (Fsp3) is 0.500. The Hall–Kier alpha value is -1.28. The van der Waals surface area contributed by atoms with E-state index < -0.39 is 0 Å². The van der Waals surface area contributed by atoms with Gasteiger partial charge in [0, 0.05) is 35.6 Å². The van der Waals surface area contributed by atoms with Crippen LogP contribution in [0.25, 0.3) is 10.9 Å². The Balaban J connectivity index is 2.20. The van der Waals surface area contributed by atoms with E-state index in [2.05, 4.69) is 43.7 Å². The zero-order chi connectivity index (χ0) is 12.9. The average molecular weight is 242 g/mol. The fourth-order valence-electron chi connectivity index (χ4n) is 3.30. The highest BCUT2D eigenvalue weighted by Crippen LogP contribution is 2.43. The molecule has 1 heterocycles. The first-order valence-electron chi connectivity index (χ1n) is 6.85. The van der Waals surface area contributed by atoms with E-state index in [0.717, 1.165) is 6.54 Å². The predicted octanol–water partition coefficient (Wildman–Crippen LogP) is 3.18. The lowest BCUT2D eigenvalue weighted by atomic mass is 9.64. The van der Waals surface area contributed by atoms with Gasteiger partial charge in [0.05, 0.1) is 0 Å². The van der Waals surface area contributed by atoms with Crippen LogP contribution >= 0.6 is 0 Å². The van der Waals surface area contributed by atoms with Crippen LogP contribution in [0.4, 0.5) is 0 Å². The summed E-state index contributed by atoms with van der Waals surface area (Å²) in [4.78, 5) is 0. The Bertz CT molecular complexity index is 598. The van der Waals surface area contributed by atoms with E-state index in [1.807, 2.05) is 0 Å². The van der Waals surface area contributed by atoms with Gasteiger partial charge in [0.1, 0.15) is 0 Å². The van der Waals surface area contributed by atoms with Crippen LogP contribution in [0, 0.1) is 13.8 Å². The zero-order valence-corrected chi connectivity index (χ0v) is 11.6. The van der Waals surface area contributed by atoms with Gasteiger partial charge in [-0.25, -0.2) is 0 Å². The average Bonchev–Trinajstić information content (AvgIpc) is 2.54. The summed E-state index contributed by atoms with van der Waals surface area (Å²) in [5.41, 5.74) is 11.8. The molecule has 0 spiro atoms. The number of nitrogens with zero attached hydrogens (tertiary/aromatic N) is 1. The molecule has 2 nitrogen and oxygen atoms in total. The van der Waals surface area contributed by atoms with Gasteiger partial charge in [-0.15, -0.1) is 0 Å². The Morgan fingerprint density at radius 3 is 2.56 bits per heavy atom. The van der Waals surface area contributed by atoms with E-state index in [1.165, 1.54) is 47.0 Å². The van der Waals surface area contributed by atoms with Gasteiger partial charge in [-0.3, -0.25) is 0 Å². The summed E-state index contributed by atoms with van der Waals surface area (Å²) in [7, 11) is 2.16. The van der Waals surface area contributed by atoms with Crippen LogP contribution in [-0.2, 0) is 12.5 Å². The van der Waals surface area contributed by atoms with Gasteiger partial charge in [-0.05, 0) is 43.9 Å². The molecule has 0 unspecified atom stereocenters. The number of aryl methyl sites for hydroxylation is 2. The number of hydrogen-bond donors (Lipinski definition) is 1.